The lowest BCUT2D eigenvalue weighted by molar-refractivity contribution is -0.151. The molecular weight excluding hydrogens is 306 g/mol. The second-order valence-corrected chi connectivity index (χ2v) is 7.21. The van der Waals surface area contributed by atoms with Gasteiger partial charge >= 0.3 is 5.97 Å². The monoisotopic (exact) mass is 327 g/mol. The third-order valence-corrected chi connectivity index (χ3v) is 6.17. The zero-order chi connectivity index (χ0) is 16.5. The number of rotatable bonds is 2. The first-order valence-electron chi connectivity index (χ1n) is 8.61. The lowest BCUT2D eigenvalue weighted by Gasteiger charge is -2.54. The Morgan fingerprint density at radius 2 is 2.25 bits per heavy atom. The van der Waals surface area contributed by atoms with Gasteiger partial charge in [-0.05, 0) is 37.1 Å². The minimum absolute atomic E-state index is 0.123. The molecule has 5 nitrogen and oxygen atoms in total. The fraction of sp³-hybridized carbons (Fsp3) is 0.526. The summed E-state index contributed by atoms with van der Waals surface area (Å²) in [6.07, 6.45) is 5.71. The molecule has 2 aliphatic carbocycles. The predicted molar refractivity (Wildman–Crippen MR) is 87.4 cm³/mol. The average molecular weight is 327 g/mol. The average Bonchev–Trinajstić information content (AvgIpc) is 2.89. The van der Waals surface area contributed by atoms with E-state index in [1.165, 1.54) is 18.1 Å². The van der Waals surface area contributed by atoms with Crippen LogP contribution in [0.1, 0.15) is 24.5 Å². The zero-order valence-electron chi connectivity index (χ0n) is 13.9. The lowest BCUT2D eigenvalue weighted by atomic mass is 9.53. The van der Waals surface area contributed by atoms with Gasteiger partial charge in [-0.2, -0.15) is 0 Å². The highest BCUT2D eigenvalue weighted by Crippen LogP contribution is 2.61. The van der Waals surface area contributed by atoms with Crippen molar-refractivity contribution in [2.45, 2.75) is 43.4 Å². The van der Waals surface area contributed by atoms with Crippen molar-refractivity contribution < 1.29 is 19.0 Å². The topological polar surface area (TPSA) is 56.8 Å². The highest BCUT2D eigenvalue weighted by atomic mass is 16.6. The molecule has 4 aliphatic rings. The van der Waals surface area contributed by atoms with Crippen molar-refractivity contribution in [1.82, 2.24) is 5.32 Å². The van der Waals surface area contributed by atoms with Crippen molar-refractivity contribution in [2.24, 2.45) is 5.92 Å². The smallest absolute Gasteiger partial charge is 0.303 e. The minimum Gasteiger partial charge on any atom is -0.493 e. The quantitative estimate of drug-likeness (QED) is 0.662. The summed E-state index contributed by atoms with van der Waals surface area (Å²) >= 11 is 0. The fourth-order valence-electron chi connectivity index (χ4n) is 5.40. The van der Waals surface area contributed by atoms with E-state index in [0.717, 1.165) is 30.9 Å². The Bertz CT molecular complexity index is 758. The molecule has 1 spiro atoms. The molecule has 2 heterocycles. The van der Waals surface area contributed by atoms with E-state index in [1.54, 1.807) is 7.11 Å². The Morgan fingerprint density at radius 1 is 1.38 bits per heavy atom. The van der Waals surface area contributed by atoms with Crippen LogP contribution >= 0.6 is 0 Å². The van der Waals surface area contributed by atoms with Gasteiger partial charge in [0.15, 0.2) is 17.6 Å². The van der Waals surface area contributed by atoms with Crippen LogP contribution in [0.2, 0.25) is 0 Å². The van der Waals surface area contributed by atoms with Gasteiger partial charge in [0.2, 0.25) is 0 Å². The summed E-state index contributed by atoms with van der Waals surface area (Å²) in [5.74, 6) is 1.72. The van der Waals surface area contributed by atoms with Crippen LogP contribution in [0.25, 0.3) is 0 Å². The summed E-state index contributed by atoms with van der Waals surface area (Å²) in [6, 6.07) is 4.57. The van der Waals surface area contributed by atoms with E-state index < -0.39 is 0 Å². The second-order valence-electron chi connectivity index (χ2n) is 7.21. The number of carbonyl (C=O) groups is 1. The third-order valence-electron chi connectivity index (χ3n) is 6.17. The molecule has 2 aliphatic heterocycles. The number of benzene rings is 1. The summed E-state index contributed by atoms with van der Waals surface area (Å²) in [5.41, 5.74) is 2.50. The minimum atomic E-state index is -0.347. The normalized spacial score (nSPS) is 37.4. The van der Waals surface area contributed by atoms with E-state index in [0.29, 0.717) is 12.0 Å². The molecular formula is C19H21NO4. The van der Waals surface area contributed by atoms with Gasteiger partial charge in [0.1, 0.15) is 6.10 Å². The molecule has 24 heavy (non-hydrogen) atoms. The van der Waals surface area contributed by atoms with Gasteiger partial charge in [-0.25, -0.2) is 0 Å². The number of piperidine rings is 1. The van der Waals surface area contributed by atoms with Crippen molar-refractivity contribution >= 4 is 5.97 Å². The summed E-state index contributed by atoms with van der Waals surface area (Å²) in [7, 11) is 1.68. The number of esters is 1. The first kappa shape index (κ1) is 14.3. The number of hydrogen-bond donors (Lipinski definition) is 1. The van der Waals surface area contributed by atoms with E-state index >= 15 is 0 Å². The molecule has 1 saturated heterocycles. The van der Waals surface area contributed by atoms with E-state index in [2.05, 4.69) is 17.5 Å². The van der Waals surface area contributed by atoms with Gasteiger partial charge in [-0.3, -0.25) is 4.79 Å². The van der Waals surface area contributed by atoms with E-state index in [-0.39, 0.29) is 23.6 Å². The van der Waals surface area contributed by atoms with Crippen LogP contribution < -0.4 is 14.8 Å². The third kappa shape index (κ3) is 1.61. The fourth-order valence-corrected chi connectivity index (χ4v) is 5.40. The standard InChI is InChI=1S/C19H21NO4/c1-10(21)23-15-6-4-12-13-9-11-3-5-14(22-2)17-16(11)19(12,7-8-20-13)18(15)24-17/h3-6,12-13,15,18,20H,7-9H2,1-2H3/t12?,13-,15+,18+,19+/m1/s1. The SMILES string of the molecule is COc1ccc2c3c1O[C@H]1[C@@H](OC(C)=O)C=CC4[C@@H](C2)NCC[C@@]341. The Balaban J connectivity index is 1.74. The summed E-state index contributed by atoms with van der Waals surface area (Å²) in [4.78, 5) is 11.6. The Labute approximate surface area is 141 Å². The van der Waals surface area contributed by atoms with Crippen molar-refractivity contribution in [3.05, 3.63) is 35.4 Å². The van der Waals surface area contributed by atoms with Crippen LogP contribution in [0.4, 0.5) is 0 Å². The van der Waals surface area contributed by atoms with Crippen molar-refractivity contribution in [1.29, 1.82) is 0 Å². The van der Waals surface area contributed by atoms with Crippen LogP contribution in [0.3, 0.4) is 0 Å². The lowest BCUT2D eigenvalue weighted by Crippen LogP contribution is -2.65. The summed E-state index contributed by atoms with van der Waals surface area (Å²) in [6.45, 7) is 2.41. The number of hydrogen-bond acceptors (Lipinski definition) is 5. The first-order chi connectivity index (χ1) is 11.6. The van der Waals surface area contributed by atoms with Crippen LogP contribution in [0.15, 0.2) is 24.3 Å². The molecule has 5 heteroatoms. The maximum absolute atomic E-state index is 11.6. The molecule has 1 aromatic rings. The van der Waals surface area contributed by atoms with Gasteiger partial charge in [0.25, 0.3) is 0 Å². The molecule has 2 bridgehead atoms. The molecule has 0 radical (unpaired) electrons. The molecule has 0 amide bonds. The summed E-state index contributed by atoms with van der Waals surface area (Å²) in [5, 5.41) is 3.67. The molecule has 1 unspecified atom stereocenters. The Kier molecular flexibility index (Phi) is 2.84. The van der Waals surface area contributed by atoms with Crippen LogP contribution in [-0.2, 0) is 21.4 Å². The van der Waals surface area contributed by atoms with Crippen LogP contribution in [-0.4, -0.2) is 37.9 Å². The zero-order valence-corrected chi connectivity index (χ0v) is 13.9. The van der Waals surface area contributed by atoms with Gasteiger partial charge < -0.3 is 19.5 Å². The predicted octanol–water partition coefficient (Wildman–Crippen LogP) is 1.73. The molecule has 1 fully saturated rings. The maximum atomic E-state index is 11.6. The second kappa shape index (κ2) is 4.76. The molecule has 1 N–H and O–H groups in total. The van der Waals surface area contributed by atoms with Gasteiger partial charge in [-0.15, -0.1) is 0 Å². The number of ether oxygens (including phenoxy) is 3. The highest BCUT2D eigenvalue weighted by molar-refractivity contribution is 5.67. The van der Waals surface area contributed by atoms with E-state index in [1.807, 2.05) is 12.1 Å². The molecule has 5 rings (SSSR count). The molecule has 0 saturated carbocycles. The summed E-state index contributed by atoms with van der Waals surface area (Å²) < 4.78 is 17.6. The first-order valence-corrected chi connectivity index (χ1v) is 8.61. The van der Waals surface area contributed by atoms with Gasteiger partial charge in [0, 0.05) is 29.9 Å². The van der Waals surface area contributed by atoms with Crippen LogP contribution in [0.5, 0.6) is 11.5 Å². The number of methoxy groups -OCH3 is 1. The van der Waals surface area contributed by atoms with Gasteiger partial charge in [0.05, 0.1) is 7.11 Å². The van der Waals surface area contributed by atoms with Crippen molar-refractivity contribution in [2.75, 3.05) is 13.7 Å². The molecule has 0 aromatic heterocycles. The van der Waals surface area contributed by atoms with Crippen molar-refractivity contribution in [3.63, 3.8) is 0 Å². The van der Waals surface area contributed by atoms with E-state index in [9.17, 15) is 4.79 Å². The molecule has 1 aromatic carbocycles. The number of carbonyl (C=O) groups excluding carboxylic acids is 1. The van der Waals surface area contributed by atoms with Gasteiger partial charge in [-0.1, -0.05) is 12.1 Å². The Hall–Kier alpha value is -2.01. The van der Waals surface area contributed by atoms with Crippen molar-refractivity contribution in [3.8, 4) is 11.5 Å². The Morgan fingerprint density at radius 3 is 3.04 bits per heavy atom. The largest absolute Gasteiger partial charge is 0.493 e. The molecule has 5 atom stereocenters. The number of nitrogens with one attached hydrogen (secondary N) is 1. The van der Waals surface area contributed by atoms with Crippen LogP contribution in [0, 0.1) is 5.92 Å². The van der Waals surface area contributed by atoms with E-state index in [4.69, 9.17) is 14.2 Å². The maximum Gasteiger partial charge on any atom is 0.303 e. The highest BCUT2D eigenvalue weighted by Gasteiger charge is 2.64. The molecule has 126 valence electrons.